The Bertz CT molecular complexity index is 354. The Balaban J connectivity index is 3.31. The first kappa shape index (κ1) is 13.2. The molecule has 0 heterocycles. The number of rotatable bonds is 3. The molecule has 2 N–H and O–H groups in total. The van der Waals surface area contributed by atoms with Gasteiger partial charge in [-0.05, 0) is 58.4 Å². The summed E-state index contributed by atoms with van der Waals surface area (Å²) in [5.41, 5.74) is 4.18. The zero-order chi connectivity index (χ0) is 12.5. The molecule has 1 atom stereocenters. The first-order chi connectivity index (χ1) is 7.27. The minimum Gasteiger partial charge on any atom is -0.388 e. The average molecular weight is 221 g/mol. The fourth-order valence-electron chi connectivity index (χ4n) is 2.50. The molecule has 0 aliphatic rings. The summed E-state index contributed by atoms with van der Waals surface area (Å²) in [6, 6.07) is 4.30. The fourth-order valence-corrected chi connectivity index (χ4v) is 2.50. The molecule has 0 saturated carbocycles. The van der Waals surface area contributed by atoms with Gasteiger partial charge in [-0.2, -0.15) is 0 Å². The molecule has 0 aliphatic heterocycles. The van der Waals surface area contributed by atoms with E-state index in [0.29, 0.717) is 0 Å². The number of aryl methyl sites for hydroxylation is 3. The molecule has 0 aliphatic carbocycles. The van der Waals surface area contributed by atoms with Crippen LogP contribution in [0.3, 0.4) is 0 Å². The van der Waals surface area contributed by atoms with Gasteiger partial charge in [0, 0.05) is 0 Å². The van der Waals surface area contributed by atoms with E-state index in [1.54, 1.807) is 0 Å². The summed E-state index contributed by atoms with van der Waals surface area (Å²) < 4.78 is 0. The van der Waals surface area contributed by atoms with Crippen LogP contribution in [0.15, 0.2) is 12.1 Å². The standard InChI is InChI=1S/C14H23NO/c1-9-7-10(2)12(11(3)8-9)13(15-6)14(4,5)16/h7-8,13,15-16H,1-6H3. The maximum absolute atomic E-state index is 10.2. The molecule has 90 valence electrons. The highest BCUT2D eigenvalue weighted by atomic mass is 16.3. The minimum atomic E-state index is -0.764. The normalized spacial score (nSPS) is 13.9. The Kier molecular flexibility index (Phi) is 3.76. The molecule has 0 amide bonds. The van der Waals surface area contributed by atoms with Crippen LogP contribution in [-0.4, -0.2) is 17.8 Å². The number of hydrogen-bond acceptors (Lipinski definition) is 2. The zero-order valence-electron chi connectivity index (χ0n) is 11.2. The lowest BCUT2D eigenvalue weighted by Crippen LogP contribution is -2.38. The molecule has 1 aromatic rings. The van der Waals surface area contributed by atoms with E-state index in [2.05, 4.69) is 38.2 Å². The third kappa shape index (κ3) is 2.63. The Morgan fingerprint density at radius 1 is 1.12 bits per heavy atom. The summed E-state index contributed by atoms with van der Waals surface area (Å²) in [4.78, 5) is 0. The third-order valence-corrected chi connectivity index (χ3v) is 3.02. The van der Waals surface area contributed by atoms with Crippen molar-refractivity contribution in [1.29, 1.82) is 0 Å². The van der Waals surface area contributed by atoms with Crippen LogP contribution >= 0.6 is 0 Å². The van der Waals surface area contributed by atoms with Crippen molar-refractivity contribution in [3.8, 4) is 0 Å². The molecule has 2 nitrogen and oxygen atoms in total. The van der Waals surface area contributed by atoms with E-state index in [-0.39, 0.29) is 6.04 Å². The molecule has 2 heteroatoms. The molecular weight excluding hydrogens is 198 g/mol. The Morgan fingerprint density at radius 2 is 1.56 bits per heavy atom. The van der Waals surface area contributed by atoms with Crippen molar-refractivity contribution in [3.63, 3.8) is 0 Å². The van der Waals surface area contributed by atoms with E-state index in [4.69, 9.17) is 0 Å². The van der Waals surface area contributed by atoms with Gasteiger partial charge in [-0.25, -0.2) is 0 Å². The predicted molar refractivity (Wildman–Crippen MR) is 68.8 cm³/mol. The molecule has 0 aromatic heterocycles. The molecule has 1 unspecified atom stereocenters. The van der Waals surface area contributed by atoms with Gasteiger partial charge in [0.05, 0.1) is 11.6 Å². The van der Waals surface area contributed by atoms with Gasteiger partial charge in [0.2, 0.25) is 0 Å². The lowest BCUT2D eigenvalue weighted by atomic mass is 9.85. The molecule has 0 bridgehead atoms. The number of likely N-dealkylation sites (N-methyl/N-ethyl adjacent to an activating group) is 1. The molecule has 0 spiro atoms. The lowest BCUT2D eigenvalue weighted by molar-refractivity contribution is 0.0395. The van der Waals surface area contributed by atoms with Gasteiger partial charge in [0.25, 0.3) is 0 Å². The van der Waals surface area contributed by atoms with Crippen LogP contribution in [-0.2, 0) is 0 Å². The highest BCUT2D eigenvalue weighted by Gasteiger charge is 2.29. The van der Waals surface area contributed by atoms with E-state index in [1.165, 1.54) is 22.3 Å². The smallest absolute Gasteiger partial charge is 0.0785 e. The minimum absolute atomic E-state index is 0.0342. The number of aliphatic hydroxyl groups is 1. The molecule has 0 radical (unpaired) electrons. The molecule has 1 aromatic carbocycles. The summed E-state index contributed by atoms with van der Waals surface area (Å²) in [6.07, 6.45) is 0. The van der Waals surface area contributed by atoms with Gasteiger partial charge in [-0.3, -0.25) is 0 Å². The van der Waals surface area contributed by atoms with Crippen LogP contribution in [0.4, 0.5) is 0 Å². The second-order valence-electron chi connectivity index (χ2n) is 5.19. The zero-order valence-corrected chi connectivity index (χ0v) is 11.2. The average Bonchev–Trinajstić information content (AvgIpc) is 2.08. The lowest BCUT2D eigenvalue weighted by Gasteiger charge is -2.32. The second-order valence-corrected chi connectivity index (χ2v) is 5.19. The maximum Gasteiger partial charge on any atom is 0.0785 e. The maximum atomic E-state index is 10.2. The molecule has 0 fully saturated rings. The summed E-state index contributed by atoms with van der Waals surface area (Å²) in [6.45, 7) is 9.99. The monoisotopic (exact) mass is 221 g/mol. The van der Waals surface area contributed by atoms with Crippen molar-refractivity contribution in [3.05, 3.63) is 34.4 Å². The summed E-state index contributed by atoms with van der Waals surface area (Å²) in [7, 11) is 1.89. The largest absolute Gasteiger partial charge is 0.388 e. The van der Waals surface area contributed by atoms with Crippen molar-refractivity contribution in [2.45, 2.75) is 46.3 Å². The summed E-state index contributed by atoms with van der Waals surface area (Å²) >= 11 is 0. The van der Waals surface area contributed by atoms with Crippen LogP contribution in [0.2, 0.25) is 0 Å². The first-order valence-corrected chi connectivity index (χ1v) is 5.74. The van der Waals surface area contributed by atoms with Crippen LogP contribution in [0.5, 0.6) is 0 Å². The van der Waals surface area contributed by atoms with Crippen LogP contribution in [0.25, 0.3) is 0 Å². The van der Waals surface area contributed by atoms with Crippen molar-refractivity contribution < 1.29 is 5.11 Å². The Hall–Kier alpha value is -0.860. The van der Waals surface area contributed by atoms with Crippen molar-refractivity contribution in [2.24, 2.45) is 0 Å². The van der Waals surface area contributed by atoms with Gasteiger partial charge in [-0.1, -0.05) is 17.7 Å². The Morgan fingerprint density at radius 3 is 1.88 bits per heavy atom. The molecule has 1 rings (SSSR count). The SMILES string of the molecule is CNC(c1c(C)cc(C)cc1C)C(C)(C)O. The highest BCUT2D eigenvalue weighted by molar-refractivity contribution is 5.40. The number of hydrogen-bond donors (Lipinski definition) is 2. The molecular formula is C14H23NO. The van der Waals surface area contributed by atoms with Crippen molar-refractivity contribution >= 4 is 0 Å². The molecule has 16 heavy (non-hydrogen) atoms. The van der Waals surface area contributed by atoms with Crippen LogP contribution in [0, 0.1) is 20.8 Å². The van der Waals surface area contributed by atoms with E-state index < -0.39 is 5.60 Å². The van der Waals surface area contributed by atoms with Gasteiger partial charge in [-0.15, -0.1) is 0 Å². The summed E-state index contributed by atoms with van der Waals surface area (Å²) in [5.74, 6) is 0. The fraction of sp³-hybridized carbons (Fsp3) is 0.571. The summed E-state index contributed by atoms with van der Waals surface area (Å²) in [5, 5.41) is 13.4. The quantitative estimate of drug-likeness (QED) is 0.822. The van der Waals surface area contributed by atoms with E-state index in [9.17, 15) is 5.11 Å². The predicted octanol–water partition coefficient (Wildman–Crippen LogP) is 2.64. The van der Waals surface area contributed by atoms with E-state index in [1.807, 2.05) is 20.9 Å². The van der Waals surface area contributed by atoms with Crippen molar-refractivity contribution in [2.75, 3.05) is 7.05 Å². The van der Waals surface area contributed by atoms with Gasteiger partial charge < -0.3 is 10.4 Å². The van der Waals surface area contributed by atoms with Gasteiger partial charge in [0.15, 0.2) is 0 Å². The molecule has 0 saturated heterocycles. The second kappa shape index (κ2) is 4.56. The van der Waals surface area contributed by atoms with Crippen molar-refractivity contribution in [1.82, 2.24) is 5.32 Å². The van der Waals surface area contributed by atoms with Gasteiger partial charge >= 0.3 is 0 Å². The van der Waals surface area contributed by atoms with Crippen LogP contribution < -0.4 is 5.32 Å². The highest BCUT2D eigenvalue weighted by Crippen LogP contribution is 2.30. The third-order valence-electron chi connectivity index (χ3n) is 3.02. The number of nitrogens with one attached hydrogen (secondary N) is 1. The van der Waals surface area contributed by atoms with E-state index >= 15 is 0 Å². The van der Waals surface area contributed by atoms with E-state index in [0.717, 1.165) is 0 Å². The Labute approximate surface area is 98.7 Å². The van der Waals surface area contributed by atoms with Gasteiger partial charge in [0.1, 0.15) is 0 Å². The van der Waals surface area contributed by atoms with Crippen LogP contribution in [0.1, 0.15) is 42.1 Å². The first-order valence-electron chi connectivity index (χ1n) is 5.74. The topological polar surface area (TPSA) is 32.3 Å². The number of benzene rings is 1.